The van der Waals surface area contributed by atoms with E-state index in [4.69, 9.17) is 0 Å². The first-order valence-electron chi connectivity index (χ1n) is 7.57. The summed E-state index contributed by atoms with van der Waals surface area (Å²) in [4.78, 5) is 14.3. The highest BCUT2D eigenvalue weighted by Crippen LogP contribution is 2.14. The summed E-state index contributed by atoms with van der Waals surface area (Å²) in [6, 6.07) is 8.93. The van der Waals surface area contributed by atoms with Gasteiger partial charge in [0.1, 0.15) is 0 Å². The zero-order valence-corrected chi connectivity index (χ0v) is 12.6. The molecule has 1 fully saturated rings. The van der Waals surface area contributed by atoms with Crippen LogP contribution in [0.15, 0.2) is 30.3 Å². The van der Waals surface area contributed by atoms with Crippen molar-refractivity contribution in [2.75, 3.05) is 33.3 Å². The number of aliphatic hydroxyl groups is 1. The Morgan fingerprint density at radius 2 is 2.19 bits per heavy atom. The van der Waals surface area contributed by atoms with Crippen LogP contribution in [0.2, 0.25) is 0 Å². The van der Waals surface area contributed by atoms with Crippen LogP contribution in [-0.4, -0.2) is 49.3 Å². The fourth-order valence-corrected chi connectivity index (χ4v) is 2.81. The number of carbonyl (C=O) groups excluding carboxylic acids is 1. The number of hydrogen-bond donors (Lipinski definition) is 3. The van der Waals surface area contributed by atoms with Crippen LogP contribution in [0.3, 0.4) is 0 Å². The summed E-state index contributed by atoms with van der Waals surface area (Å²) in [6.07, 6.45) is 2.35. The molecule has 1 saturated heterocycles. The molecule has 1 aromatic carbocycles. The number of nitrogens with one attached hydrogen (secondary N) is 2. The van der Waals surface area contributed by atoms with E-state index in [0.29, 0.717) is 12.5 Å². The number of benzene rings is 1. The van der Waals surface area contributed by atoms with E-state index < -0.39 is 0 Å². The topological polar surface area (TPSA) is 64.6 Å². The lowest BCUT2D eigenvalue weighted by Gasteiger charge is -2.29. The van der Waals surface area contributed by atoms with E-state index >= 15 is 0 Å². The van der Waals surface area contributed by atoms with Gasteiger partial charge in [0.15, 0.2) is 0 Å². The quantitative estimate of drug-likeness (QED) is 0.767. The van der Waals surface area contributed by atoms with Crippen molar-refractivity contribution in [3.05, 3.63) is 35.9 Å². The molecule has 5 nitrogen and oxygen atoms in total. The molecule has 0 saturated carbocycles. The van der Waals surface area contributed by atoms with Gasteiger partial charge < -0.3 is 20.6 Å². The van der Waals surface area contributed by atoms with E-state index in [1.165, 1.54) is 6.42 Å². The van der Waals surface area contributed by atoms with E-state index in [1.54, 1.807) is 0 Å². The summed E-state index contributed by atoms with van der Waals surface area (Å²) < 4.78 is 0. The summed E-state index contributed by atoms with van der Waals surface area (Å²) in [6.45, 7) is 2.75. The second kappa shape index (κ2) is 8.00. The number of amides is 2. The first-order valence-corrected chi connectivity index (χ1v) is 7.57. The van der Waals surface area contributed by atoms with Gasteiger partial charge in [-0.25, -0.2) is 4.79 Å². The minimum Gasteiger partial charge on any atom is -0.394 e. The lowest BCUT2D eigenvalue weighted by Crippen LogP contribution is -2.44. The molecule has 1 heterocycles. The molecule has 1 aliphatic heterocycles. The molecule has 0 aliphatic carbocycles. The number of carbonyl (C=O) groups is 1. The maximum atomic E-state index is 12.0. The highest BCUT2D eigenvalue weighted by Gasteiger charge is 2.18. The van der Waals surface area contributed by atoms with Crippen molar-refractivity contribution in [1.82, 2.24) is 15.5 Å². The van der Waals surface area contributed by atoms with Crippen LogP contribution in [0.5, 0.6) is 0 Å². The van der Waals surface area contributed by atoms with E-state index in [0.717, 1.165) is 25.1 Å². The van der Waals surface area contributed by atoms with Gasteiger partial charge in [-0.1, -0.05) is 30.3 Å². The Kier molecular flexibility index (Phi) is 6.02. The minimum atomic E-state index is -0.361. The molecule has 2 amide bonds. The van der Waals surface area contributed by atoms with Crippen LogP contribution >= 0.6 is 0 Å². The van der Waals surface area contributed by atoms with Crippen molar-refractivity contribution in [2.45, 2.75) is 18.9 Å². The Labute approximate surface area is 126 Å². The molecule has 1 aliphatic rings. The van der Waals surface area contributed by atoms with Crippen molar-refractivity contribution in [3.63, 3.8) is 0 Å². The van der Waals surface area contributed by atoms with Crippen molar-refractivity contribution in [3.8, 4) is 0 Å². The summed E-state index contributed by atoms with van der Waals surface area (Å²) in [5.74, 6) is 0.513. The number of piperidine rings is 1. The molecule has 2 rings (SSSR count). The average molecular weight is 291 g/mol. The molecule has 2 unspecified atom stereocenters. The largest absolute Gasteiger partial charge is 0.394 e. The molecule has 5 heteroatoms. The van der Waals surface area contributed by atoms with Gasteiger partial charge in [-0.2, -0.15) is 0 Å². The second-order valence-corrected chi connectivity index (χ2v) is 5.77. The monoisotopic (exact) mass is 291 g/mol. The summed E-state index contributed by atoms with van der Waals surface area (Å²) in [5.41, 5.74) is 0.910. The van der Waals surface area contributed by atoms with Gasteiger partial charge in [-0.3, -0.25) is 0 Å². The molecular weight excluding hydrogens is 266 g/mol. The first-order chi connectivity index (χ1) is 10.2. The average Bonchev–Trinajstić information content (AvgIpc) is 2.51. The van der Waals surface area contributed by atoms with Crippen molar-refractivity contribution in [1.29, 1.82) is 0 Å². The molecule has 2 atom stereocenters. The van der Waals surface area contributed by atoms with E-state index in [1.807, 2.05) is 30.3 Å². The van der Waals surface area contributed by atoms with Gasteiger partial charge in [0, 0.05) is 13.1 Å². The lowest BCUT2D eigenvalue weighted by atomic mass is 9.99. The molecule has 1 aromatic rings. The van der Waals surface area contributed by atoms with Crippen LogP contribution in [0, 0.1) is 5.92 Å². The van der Waals surface area contributed by atoms with Crippen LogP contribution in [0.4, 0.5) is 4.79 Å². The third kappa shape index (κ3) is 5.02. The number of hydrogen-bond acceptors (Lipinski definition) is 3. The Morgan fingerprint density at radius 3 is 2.86 bits per heavy atom. The van der Waals surface area contributed by atoms with Crippen LogP contribution in [0.1, 0.15) is 24.4 Å². The Hall–Kier alpha value is -1.59. The summed E-state index contributed by atoms with van der Waals surface area (Å²) in [7, 11) is 2.11. The van der Waals surface area contributed by atoms with E-state index in [9.17, 15) is 9.90 Å². The maximum absolute atomic E-state index is 12.0. The normalized spacial score (nSPS) is 20.8. The highest BCUT2D eigenvalue weighted by molar-refractivity contribution is 5.74. The van der Waals surface area contributed by atoms with Crippen molar-refractivity contribution < 1.29 is 9.90 Å². The molecule has 21 heavy (non-hydrogen) atoms. The number of urea groups is 1. The zero-order chi connectivity index (χ0) is 15.1. The van der Waals surface area contributed by atoms with Gasteiger partial charge >= 0.3 is 6.03 Å². The Morgan fingerprint density at radius 1 is 1.43 bits per heavy atom. The highest BCUT2D eigenvalue weighted by atomic mass is 16.3. The molecule has 3 N–H and O–H groups in total. The molecular formula is C16H25N3O2. The SMILES string of the molecule is CN1CCCC(CNC(=O)NC(CO)c2ccccc2)C1. The summed E-state index contributed by atoms with van der Waals surface area (Å²) in [5, 5.41) is 15.2. The Bertz CT molecular complexity index is 438. The smallest absolute Gasteiger partial charge is 0.315 e. The summed E-state index contributed by atoms with van der Waals surface area (Å²) >= 11 is 0. The zero-order valence-electron chi connectivity index (χ0n) is 12.6. The number of aliphatic hydroxyl groups excluding tert-OH is 1. The van der Waals surface area contributed by atoms with Crippen LogP contribution < -0.4 is 10.6 Å². The van der Waals surface area contributed by atoms with Crippen LogP contribution in [-0.2, 0) is 0 Å². The number of nitrogens with zero attached hydrogens (tertiary/aromatic N) is 1. The fourth-order valence-electron chi connectivity index (χ4n) is 2.81. The standard InChI is InChI=1S/C16H25N3O2/c1-19-9-5-6-13(11-19)10-17-16(21)18-15(12-20)14-7-3-2-4-8-14/h2-4,7-8,13,15,20H,5-6,9-12H2,1H3,(H2,17,18,21). The molecule has 0 aromatic heterocycles. The van der Waals surface area contributed by atoms with Gasteiger partial charge in [0.25, 0.3) is 0 Å². The van der Waals surface area contributed by atoms with Gasteiger partial charge in [0.2, 0.25) is 0 Å². The van der Waals surface area contributed by atoms with Crippen LogP contribution in [0.25, 0.3) is 0 Å². The fraction of sp³-hybridized carbons (Fsp3) is 0.562. The molecule has 0 spiro atoms. The van der Waals surface area contributed by atoms with Gasteiger partial charge in [0.05, 0.1) is 12.6 Å². The third-order valence-electron chi connectivity index (χ3n) is 3.96. The Balaban J connectivity index is 1.78. The van der Waals surface area contributed by atoms with Gasteiger partial charge in [-0.05, 0) is 37.9 Å². The van der Waals surface area contributed by atoms with E-state index in [2.05, 4.69) is 22.6 Å². The van der Waals surface area contributed by atoms with Crippen molar-refractivity contribution in [2.24, 2.45) is 5.92 Å². The van der Waals surface area contributed by atoms with E-state index in [-0.39, 0.29) is 18.7 Å². The minimum absolute atomic E-state index is 0.108. The lowest BCUT2D eigenvalue weighted by molar-refractivity contribution is 0.196. The first kappa shape index (κ1) is 15.8. The number of likely N-dealkylation sites (tertiary alicyclic amines) is 1. The third-order valence-corrected chi connectivity index (χ3v) is 3.96. The molecule has 116 valence electrons. The predicted octanol–water partition coefficient (Wildman–Crippen LogP) is 1.36. The predicted molar refractivity (Wildman–Crippen MR) is 83.0 cm³/mol. The van der Waals surface area contributed by atoms with Gasteiger partial charge in [-0.15, -0.1) is 0 Å². The molecule has 0 bridgehead atoms. The van der Waals surface area contributed by atoms with Crippen molar-refractivity contribution >= 4 is 6.03 Å². The molecule has 0 radical (unpaired) electrons. The number of rotatable bonds is 5. The maximum Gasteiger partial charge on any atom is 0.315 e. The second-order valence-electron chi connectivity index (χ2n) is 5.77.